The van der Waals surface area contributed by atoms with E-state index in [0.717, 1.165) is 18.9 Å². The number of hydrogen-bond donors (Lipinski definition) is 0. The predicted octanol–water partition coefficient (Wildman–Crippen LogP) is 6.24. The Bertz CT molecular complexity index is 533. The predicted molar refractivity (Wildman–Crippen MR) is 104 cm³/mol. The van der Waals surface area contributed by atoms with Gasteiger partial charge in [-0.05, 0) is 72.4 Å². The molecule has 1 aromatic carbocycles. The molecule has 0 saturated heterocycles. The van der Waals surface area contributed by atoms with Gasteiger partial charge in [-0.25, -0.2) is 0 Å². The van der Waals surface area contributed by atoms with Crippen molar-refractivity contribution in [2.24, 2.45) is 0 Å². The average Bonchev–Trinajstić information content (AvgIpc) is 2.49. The van der Waals surface area contributed by atoms with Crippen molar-refractivity contribution in [3.63, 3.8) is 0 Å². The maximum atomic E-state index is 12.8. The van der Waals surface area contributed by atoms with Crippen LogP contribution < -0.4 is 0 Å². The minimum absolute atomic E-state index is 0.0161. The van der Waals surface area contributed by atoms with Crippen molar-refractivity contribution in [3.05, 3.63) is 35.4 Å². The first-order chi connectivity index (χ1) is 12.4. The van der Waals surface area contributed by atoms with Crippen LogP contribution in [0.1, 0.15) is 65.5 Å². The molecule has 1 rings (SSSR count). The van der Waals surface area contributed by atoms with Crippen LogP contribution in [-0.4, -0.2) is 27.1 Å². The van der Waals surface area contributed by atoms with Crippen LogP contribution in [0.3, 0.4) is 0 Å². The molecule has 0 bridgehead atoms. The molecule has 0 atom stereocenters. The standard InChI is InChI=1S/C20H33F3O3Si/c1-15(2)24-27(25-16(3)4,26-17(5)6)13-8-7-10-18-11-9-12-19(14-18)20(21,22)23/h9,11-12,14-17H,7-8,10,13H2,1-6H3. The van der Waals surface area contributed by atoms with Gasteiger partial charge in [0.2, 0.25) is 0 Å². The van der Waals surface area contributed by atoms with Gasteiger partial charge in [-0.15, -0.1) is 0 Å². The maximum Gasteiger partial charge on any atom is 0.501 e. The first-order valence-electron chi connectivity index (χ1n) is 9.63. The van der Waals surface area contributed by atoms with E-state index in [1.807, 2.05) is 41.5 Å². The molecule has 0 aliphatic carbocycles. The summed E-state index contributed by atoms with van der Waals surface area (Å²) in [6, 6.07) is 6.18. The summed E-state index contributed by atoms with van der Waals surface area (Å²) in [5, 5.41) is 0. The Morgan fingerprint density at radius 1 is 0.852 bits per heavy atom. The first-order valence-corrected chi connectivity index (χ1v) is 11.6. The second-order valence-corrected chi connectivity index (χ2v) is 10.2. The van der Waals surface area contributed by atoms with Gasteiger partial charge in [0.25, 0.3) is 0 Å². The quantitative estimate of drug-likeness (QED) is 0.321. The fourth-order valence-electron chi connectivity index (χ4n) is 2.91. The van der Waals surface area contributed by atoms with E-state index < -0.39 is 20.5 Å². The monoisotopic (exact) mass is 406 g/mol. The van der Waals surface area contributed by atoms with E-state index in [0.29, 0.717) is 18.0 Å². The van der Waals surface area contributed by atoms with Crippen LogP contribution in [0, 0.1) is 0 Å². The van der Waals surface area contributed by atoms with Crippen molar-refractivity contribution in [3.8, 4) is 0 Å². The Labute approximate surface area is 162 Å². The zero-order valence-corrected chi connectivity index (χ0v) is 18.2. The second-order valence-electron chi connectivity index (χ2n) is 7.59. The smallest absolute Gasteiger partial charge is 0.371 e. The van der Waals surface area contributed by atoms with Crippen LogP contribution in [0.15, 0.2) is 24.3 Å². The van der Waals surface area contributed by atoms with Crippen molar-refractivity contribution in [2.75, 3.05) is 0 Å². The molecule has 7 heteroatoms. The van der Waals surface area contributed by atoms with Crippen molar-refractivity contribution < 1.29 is 26.4 Å². The number of alkyl halides is 3. The molecule has 0 aliphatic heterocycles. The van der Waals surface area contributed by atoms with Crippen LogP contribution in [-0.2, 0) is 25.9 Å². The van der Waals surface area contributed by atoms with E-state index >= 15 is 0 Å². The Morgan fingerprint density at radius 2 is 1.37 bits per heavy atom. The summed E-state index contributed by atoms with van der Waals surface area (Å²) in [6.07, 6.45) is -2.25. The van der Waals surface area contributed by atoms with Gasteiger partial charge in [0, 0.05) is 24.4 Å². The summed E-state index contributed by atoms with van der Waals surface area (Å²) >= 11 is 0. The third kappa shape index (κ3) is 9.23. The minimum atomic E-state index is -4.31. The van der Waals surface area contributed by atoms with Crippen LogP contribution in [0.5, 0.6) is 0 Å². The molecule has 156 valence electrons. The molecule has 0 N–H and O–H groups in total. The molecule has 0 fully saturated rings. The molecule has 0 aliphatic rings. The molecule has 0 radical (unpaired) electrons. The zero-order valence-electron chi connectivity index (χ0n) is 17.2. The Balaban J connectivity index is 2.72. The summed E-state index contributed by atoms with van der Waals surface area (Å²) in [5.74, 6) is 0. The van der Waals surface area contributed by atoms with Gasteiger partial charge in [-0.2, -0.15) is 13.2 Å². The lowest BCUT2D eigenvalue weighted by Crippen LogP contribution is -2.50. The number of halogens is 3. The van der Waals surface area contributed by atoms with Crippen LogP contribution in [0.25, 0.3) is 0 Å². The molecule has 3 nitrogen and oxygen atoms in total. The van der Waals surface area contributed by atoms with Crippen LogP contribution in [0.4, 0.5) is 13.2 Å². The summed E-state index contributed by atoms with van der Waals surface area (Å²) in [5.41, 5.74) is 0.0922. The van der Waals surface area contributed by atoms with E-state index in [4.69, 9.17) is 13.3 Å². The number of rotatable bonds is 11. The number of hydrogen-bond acceptors (Lipinski definition) is 3. The van der Waals surface area contributed by atoms with Crippen LogP contribution in [0.2, 0.25) is 6.04 Å². The molecule has 1 aromatic rings. The molecular weight excluding hydrogens is 373 g/mol. The molecule has 0 spiro atoms. The molecule has 0 unspecified atom stereocenters. The number of benzene rings is 1. The topological polar surface area (TPSA) is 27.7 Å². The molecule has 0 heterocycles. The lowest BCUT2D eigenvalue weighted by molar-refractivity contribution is -0.137. The summed E-state index contributed by atoms with van der Waals surface area (Å²) in [6.45, 7) is 11.7. The highest BCUT2D eigenvalue weighted by Crippen LogP contribution is 2.30. The van der Waals surface area contributed by atoms with Gasteiger partial charge < -0.3 is 13.3 Å². The molecule has 0 aromatic heterocycles. The highest BCUT2D eigenvalue weighted by Gasteiger charge is 2.43. The molecule has 0 saturated carbocycles. The van der Waals surface area contributed by atoms with Gasteiger partial charge in [-0.3, -0.25) is 0 Å². The average molecular weight is 407 g/mol. The van der Waals surface area contributed by atoms with E-state index in [1.165, 1.54) is 12.1 Å². The largest absolute Gasteiger partial charge is 0.501 e. The summed E-state index contributed by atoms with van der Waals surface area (Å²) in [7, 11) is -2.84. The fourth-order valence-corrected chi connectivity index (χ4v) is 6.27. The van der Waals surface area contributed by atoms with Crippen LogP contribution >= 0.6 is 0 Å². The number of unbranched alkanes of at least 4 members (excludes halogenated alkanes) is 1. The van der Waals surface area contributed by atoms with Gasteiger partial charge in [0.15, 0.2) is 0 Å². The van der Waals surface area contributed by atoms with Gasteiger partial charge in [-0.1, -0.05) is 18.2 Å². The van der Waals surface area contributed by atoms with E-state index in [1.54, 1.807) is 6.07 Å². The van der Waals surface area contributed by atoms with Crippen molar-refractivity contribution in [1.29, 1.82) is 0 Å². The van der Waals surface area contributed by atoms with Gasteiger partial charge in [0.05, 0.1) is 5.56 Å². The summed E-state index contributed by atoms with van der Waals surface area (Å²) in [4.78, 5) is 0. The van der Waals surface area contributed by atoms with Gasteiger partial charge in [0.1, 0.15) is 0 Å². The SMILES string of the molecule is CC(C)O[Si](CCCCc1cccc(C(F)(F)F)c1)(OC(C)C)OC(C)C. The molecular formula is C20H33F3O3Si. The number of aryl methyl sites for hydroxylation is 1. The highest BCUT2D eigenvalue weighted by atomic mass is 28.4. The zero-order chi connectivity index (χ0) is 20.7. The highest BCUT2D eigenvalue weighted by molar-refractivity contribution is 6.60. The fraction of sp³-hybridized carbons (Fsp3) is 0.700. The first kappa shape index (κ1) is 24.1. The van der Waals surface area contributed by atoms with Gasteiger partial charge >= 0.3 is 15.0 Å². The summed E-state index contributed by atoms with van der Waals surface area (Å²) < 4.78 is 56.9. The van der Waals surface area contributed by atoms with E-state index in [-0.39, 0.29) is 18.3 Å². The lowest BCUT2D eigenvalue weighted by atomic mass is 10.1. The maximum absolute atomic E-state index is 12.8. The normalized spacial score (nSPS) is 13.2. The molecule has 0 amide bonds. The Morgan fingerprint density at radius 3 is 1.81 bits per heavy atom. The van der Waals surface area contributed by atoms with Crippen molar-refractivity contribution in [1.82, 2.24) is 0 Å². The minimum Gasteiger partial charge on any atom is -0.371 e. The van der Waals surface area contributed by atoms with E-state index in [9.17, 15) is 13.2 Å². The Kier molecular flexibility index (Phi) is 9.48. The van der Waals surface area contributed by atoms with Crippen molar-refractivity contribution in [2.45, 2.75) is 91.3 Å². The third-order valence-electron chi connectivity index (χ3n) is 3.70. The third-order valence-corrected chi connectivity index (χ3v) is 7.16. The van der Waals surface area contributed by atoms with E-state index in [2.05, 4.69) is 0 Å². The lowest BCUT2D eigenvalue weighted by Gasteiger charge is -2.34. The second kappa shape index (κ2) is 10.6. The van der Waals surface area contributed by atoms with Crippen molar-refractivity contribution >= 4 is 8.80 Å². The molecule has 27 heavy (non-hydrogen) atoms. The Hall–Kier alpha value is -0.893.